The fourth-order valence-electron chi connectivity index (χ4n) is 3.04. The molecule has 0 radical (unpaired) electrons. The normalized spacial score (nSPS) is 17.3. The molecule has 1 N–H and O–H groups in total. The lowest BCUT2D eigenvalue weighted by Crippen LogP contribution is -2.34. The van der Waals surface area contributed by atoms with Gasteiger partial charge < -0.3 is 14.8 Å². The van der Waals surface area contributed by atoms with E-state index in [-0.39, 0.29) is 18.2 Å². The van der Waals surface area contributed by atoms with Gasteiger partial charge in [0.2, 0.25) is 11.8 Å². The van der Waals surface area contributed by atoms with Gasteiger partial charge in [-0.05, 0) is 36.8 Å². The van der Waals surface area contributed by atoms with Gasteiger partial charge in [0, 0.05) is 32.4 Å². The zero-order valence-electron chi connectivity index (χ0n) is 17.3. The highest BCUT2D eigenvalue weighted by atomic mass is 35.5. The summed E-state index contributed by atoms with van der Waals surface area (Å²) in [6.45, 7) is 1.02. The summed E-state index contributed by atoms with van der Waals surface area (Å²) < 4.78 is 10.2. The highest BCUT2D eigenvalue weighted by Gasteiger charge is 2.38. The summed E-state index contributed by atoms with van der Waals surface area (Å²) in [5.74, 6) is 0.123. The predicted octanol–water partition coefficient (Wildman–Crippen LogP) is 4.35. The number of amidine groups is 1. The highest BCUT2D eigenvalue weighted by Crippen LogP contribution is 2.32. The van der Waals surface area contributed by atoms with Crippen LogP contribution in [0.4, 0.5) is 11.4 Å². The van der Waals surface area contributed by atoms with Gasteiger partial charge in [-0.25, -0.2) is 4.99 Å². The maximum atomic E-state index is 13.0. The maximum absolute atomic E-state index is 13.0. The molecular weight excluding hydrogens is 438 g/mol. The molecule has 0 aliphatic carbocycles. The van der Waals surface area contributed by atoms with Crippen molar-refractivity contribution < 1.29 is 19.1 Å². The van der Waals surface area contributed by atoms with Crippen LogP contribution in [0.15, 0.2) is 53.5 Å². The third-order valence-electron chi connectivity index (χ3n) is 4.54. The number of thioether (sulfide) groups is 1. The second-order valence-electron chi connectivity index (χ2n) is 6.77. The Morgan fingerprint density at radius 3 is 2.68 bits per heavy atom. The lowest BCUT2D eigenvalue weighted by atomic mass is 10.2. The summed E-state index contributed by atoms with van der Waals surface area (Å²) in [4.78, 5) is 31.8. The van der Waals surface area contributed by atoms with Crippen LogP contribution in [0.5, 0.6) is 5.75 Å². The second-order valence-corrected chi connectivity index (χ2v) is 8.35. The van der Waals surface area contributed by atoms with Crippen LogP contribution in [0.1, 0.15) is 12.8 Å². The molecule has 1 heterocycles. The molecule has 0 bridgehead atoms. The van der Waals surface area contributed by atoms with Crippen molar-refractivity contribution in [1.29, 1.82) is 0 Å². The molecule has 2 aromatic rings. The quantitative estimate of drug-likeness (QED) is 0.562. The number of amides is 2. The van der Waals surface area contributed by atoms with Crippen molar-refractivity contribution in [2.24, 2.45) is 4.99 Å². The Morgan fingerprint density at radius 1 is 1.23 bits per heavy atom. The lowest BCUT2D eigenvalue weighted by molar-refractivity contribution is -0.128. The molecule has 1 aliphatic heterocycles. The number of anilines is 1. The number of nitrogens with one attached hydrogen (secondary N) is 1. The van der Waals surface area contributed by atoms with Crippen LogP contribution in [0.25, 0.3) is 0 Å². The summed E-state index contributed by atoms with van der Waals surface area (Å²) in [6, 6.07) is 14.4. The fraction of sp³-hybridized carbons (Fsp3) is 0.318. The number of carbonyl (C=O) groups excluding carboxylic acids is 2. The van der Waals surface area contributed by atoms with Gasteiger partial charge in [-0.15, -0.1) is 0 Å². The number of nitrogens with zero attached hydrogens (tertiary/aromatic N) is 2. The molecule has 1 aliphatic rings. The van der Waals surface area contributed by atoms with Crippen LogP contribution >= 0.6 is 23.4 Å². The van der Waals surface area contributed by atoms with Crippen molar-refractivity contribution in [3.8, 4) is 5.75 Å². The minimum atomic E-state index is -0.543. The number of halogens is 1. The summed E-state index contributed by atoms with van der Waals surface area (Å²) in [5.41, 5.74) is 1.30. The summed E-state index contributed by atoms with van der Waals surface area (Å²) in [6.07, 6.45) is 0.710. The zero-order chi connectivity index (χ0) is 22.2. The van der Waals surface area contributed by atoms with E-state index < -0.39 is 5.25 Å². The first-order valence-electron chi connectivity index (χ1n) is 9.76. The van der Waals surface area contributed by atoms with Crippen molar-refractivity contribution in [3.05, 3.63) is 53.6 Å². The first-order valence-corrected chi connectivity index (χ1v) is 11.0. The van der Waals surface area contributed by atoms with Crippen LogP contribution in [-0.4, -0.2) is 54.5 Å². The topological polar surface area (TPSA) is 80.2 Å². The number of para-hydroxylation sites is 1. The van der Waals surface area contributed by atoms with Crippen LogP contribution < -0.4 is 10.1 Å². The van der Waals surface area contributed by atoms with Gasteiger partial charge in [-0.2, -0.15) is 0 Å². The van der Waals surface area contributed by atoms with Gasteiger partial charge in [-0.1, -0.05) is 41.6 Å². The Balaban J connectivity index is 1.70. The van der Waals surface area contributed by atoms with E-state index in [2.05, 4.69) is 10.3 Å². The molecule has 1 atom stereocenters. The lowest BCUT2D eigenvalue weighted by Gasteiger charge is -2.16. The second kappa shape index (κ2) is 11.2. The van der Waals surface area contributed by atoms with Crippen molar-refractivity contribution in [2.75, 3.05) is 32.7 Å². The largest absolute Gasteiger partial charge is 0.495 e. The number of ether oxygens (including phenoxy) is 2. The molecule has 2 amide bonds. The van der Waals surface area contributed by atoms with Gasteiger partial charge in [0.25, 0.3) is 0 Å². The average molecular weight is 462 g/mol. The Kier molecular flexibility index (Phi) is 8.34. The highest BCUT2D eigenvalue weighted by molar-refractivity contribution is 8.15. The zero-order valence-corrected chi connectivity index (χ0v) is 18.9. The number of carbonyl (C=O) groups is 2. The molecular formula is C22H24ClN3O4S. The summed E-state index contributed by atoms with van der Waals surface area (Å²) in [7, 11) is 3.15. The van der Waals surface area contributed by atoms with Gasteiger partial charge in [0.15, 0.2) is 5.17 Å². The predicted molar refractivity (Wildman–Crippen MR) is 124 cm³/mol. The monoisotopic (exact) mass is 461 g/mol. The first-order chi connectivity index (χ1) is 15.0. The third kappa shape index (κ3) is 6.22. The van der Waals surface area contributed by atoms with E-state index in [0.29, 0.717) is 41.2 Å². The molecule has 2 aromatic carbocycles. The average Bonchev–Trinajstić information content (AvgIpc) is 3.03. The molecule has 9 heteroatoms. The fourth-order valence-corrected chi connectivity index (χ4v) is 4.48. The number of hydrogen-bond donors (Lipinski definition) is 1. The smallest absolute Gasteiger partial charge is 0.242 e. The third-order valence-corrected chi connectivity index (χ3v) is 6.01. The molecule has 1 unspecified atom stereocenters. The van der Waals surface area contributed by atoms with Gasteiger partial charge in [-0.3, -0.25) is 14.5 Å². The SMILES string of the molecule is COCCCN1C(=O)C(CC(=O)Nc2ccc(OC)c(Cl)c2)SC1=Nc1ccccc1. The summed E-state index contributed by atoms with van der Waals surface area (Å²) >= 11 is 7.42. The van der Waals surface area contributed by atoms with Gasteiger partial charge >= 0.3 is 0 Å². The number of aliphatic imine (C=N–C) groups is 1. The maximum Gasteiger partial charge on any atom is 0.242 e. The molecule has 3 rings (SSSR count). The van der Waals surface area contributed by atoms with Crippen molar-refractivity contribution in [3.63, 3.8) is 0 Å². The van der Waals surface area contributed by atoms with Crippen LogP contribution in [0.2, 0.25) is 5.02 Å². The van der Waals surface area contributed by atoms with Crippen LogP contribution in [0, 0.1) is 0 Å². The molecule has 0 saturated carbocycles. The first kappa shape index (κ1) is 23.1. The Morgan fingerprint density at radius 2 is 2.00 bits per heavy atom. The Bertz CT molecular complexity index is 955. The van der Waals surface area contributed by atoms with E-state index in [1.807, 2.05) is 30.3 Å². The van der Waals surface area contributed by atoms with E-state index in [9.17, 15) is 9.59 Å². The van der Waals surface area contributed by atoms with E-state index in [4.69, 9.17) is 21.1 Å². The molecule has 31 heavy (non-hydrogen) atoms. The van der Waals surface area contributed by atoms with E-state index >= 15 is 0 Å². The van der Waals surface area contributed by atoms with Gasteiger partial charge in [0.05, 0.1) is 17.8 Å². The molecule has 1 saturated heterocycles. The molecule has 0 aromatic heterocycles. The van der Waals surface area contributed by atoms with Crippen molar-refractivity contribution in [2.45, 2.75) is 18.1 Å². The molecule has 1 fully saturated rings. The van der Waals surface area contributed by atoms with Crippen molar-refractivity contribution >= 4 is 51.7 Å². The Hall–Kier alpha value is -2.55. The molecule has 0 spiro atoms. The molecule has 7 nitrogen and oxygen atoms in total. The standard InChI is InChI=1S/C22H24ClN3O4S/c1-29-12-6-11-26-21(28)19(31-22(26)25-15-7-4-3-5-8-15)14-20(27)24-16-9-10-18(30-2)17(23)13-16/h3-5,7-10,13,19H,6,11-12,14H2,1-2H3,(H,24,27). The van der Waals surface area contributed by atoms with Gasteiger partial charge in [0.1, 0.15) is 11.0 Å². The van der Waals surface area contributed by atoms with Crippen LogP contribution in [-0.2, 0) is 14.3 Å². The van der Waals surface area contributed by atoms with Crippen LogP contribution in [0.3, 0.4) is 0 Å². The van der Waals surface area contributed by atoms with E-state index in [0.717, 1.165) is 5.69 Å². The van der Waals surface area contributed by atoms with E-state index in [1.54, 1.807) is 30.2 Å². The minimum Gasteiger partial charge on any atom is -0.495 e. The number of benzene rings is 2. The minimum absolute atomic E-state index is 0.0295. The number of hydrogen-bond acceptors (Lipinski definition) is 6. The molecule has 164 valence electrons. The van der Waals surface area contributed by atoms with Crippen molar-refractivity contribution in [1.82, 2.24) is 4.90 Å². The summed E-state index contributed by atoms with van der Waals surface area (Å²) in [5, 5.41) is 3.24. The number of rotatable bonds is 9. The van der Waals surface area contributed by atoms with E-state index in [1.165, 1.54) is 18.9 Å². The Labute approximate surface area is 190 Å². The number of methoxy groups -OCH3 is 2.